The minimum Gasteiger partial charge on any atom is -0.309 e. The van der Waals surface area contributed by atoms with Crippen molar-refractivity contribution in [2.24, 2.45) is 0 Å². The Morgan fingerprint density at radius 1 is 0.286 bits per heavy atom. The van der Waals surface area contributed by atoms with Gasteiger partial charge in [-0.1, -0.05) is 152 Å². The summed E-state index contributed by atoms with van der Waals surface area (Å²) in [5.74, 6) is 0. The third kappa shape index (κ3) is 5.34. The van der Waals surface area contributed by atoms with Crippen molar-refractivity contribution in [3.8, 4) is 55.9 Å². The van der Waals surface area contributed by atoms with Gasteiger partial charge < -0.3 is 9.13 Å². The van der Waals surface area contributed by atoms with E-state index in [2.05, 4.69) is 0 Å². The number of benzene rings is 9. The van der Waals surface area contributed by atoms with Crippen LogP contribution in [0, 0.1) is 0 Å². The lowest BCUT2D eigenvalue weighted by Gasteiger charge is -2.11. The van der Waals surface area contributed by atoms with E-state index in [1.807, 2.05) is 150 Å². The summed E-state index contributed by atoms with van der Waals surface area (Å²) in [6, 6.07) is 46.6. The van der Waals surface area contributed by atoms with Gasteiger partial charge in [0.2, 0.25) is 0 Å². The SMILES string of the molecule is [2H]c1c([2H])c([2H])c2c(c1[2H])c1c([2H])c(-c3c([2H])c([2H])c4c(c3[2H])c3cc(-c5ccccc5)ccc3n4-c3ccc(-c4ccccc4)cc3)c([2H])c([2H])c1n2-c1ccc(-c2ccccc2)cc1. The van der Waals surface area contributed by atoms with Crippen LogP contribution in [-0.4, -0.2) is 9.13 Å². The molecule has 0 N–H and O–H groups in total. The molecule has 2 heterocycles. The van der Waals surface area contributed by atoms with Gasteiger partial charge in [-0.05, 0) is 111 Å². The van der Waals surface area contributed by atoms with Crippen molar-refractivity contribution < 1.29 is 13.7 Å². The largest absolute Gasteiger partial charge is 0.309 e. The Kier molecular flexibility index (Phi) is 5.49. The zero-order valence-electron chi connectivity index (χ0n) is 39.9. The van der Waals surface area contributed by atoms with Crippen LogP contribution in [0.3, 0.4) is 0 Å². The fourth-order valence-corrected chi connectivity index (χ4v) is 7.78. The van der Waals surface area contributed by atoms with Crippen molar-refractivity contribution in [1.82, 2.24) is 9.13 Å². The van der Waals surface area contributed by atoms with E-state index < -0.39 is 36.3 Å². The van der Waals surface area contributed by atoms with Gasteiger partial charge in [-0.25, -0.2) is 0 Å². The summed E-state index contributed by atoms with van der Waals surface area (Å²) in [7, 11) is 0. The molecule has 0 saturated heterocycles. The molecule has 0 radical (unpaired) electrons. The van der Waals surface area contributed by atoms with Crippen molar-refractivity contribution in [3.05, 3.63) is 218 Å². The molecule has 0 aliphatic rings. The predicted molar refractivity (Wildman–Crippen MR) is 237 cm³/mol. The lowest BCUT2D eigenvalue weighted by atomic mass is 9.99. The molecular weight excluding hydrogens is 677 g/mol. The van der Waals surface area contributed by atoms with Crippen LogP contribution in [0.15, 0.2) is 218 Å². The summed E-state index contributed by atoms with van der Waals surface area (Å²) in [4.78, 5) is 0. The monoisotopic (exact) mass is 722 g/mol. The van der Waals surface area contributed by atoms with Gasteiger partial charge in [-0.2, -0.15) is 0 Å². The molecule has 262 valence electrons. The van der Waals surface area contributed by atoms with Crippen molar-refractivity contribution >= 4 is 43.6 Å². The Balaban J connectivity index is 1.21. The van der Waals surface area contributed by atoms with Crippen molar-refractivity contribution in [2.75, 3.05) is 0 Å². The van der Waals surface area contributed by atoms with Gasteiger partial charge in [-0.15, -0.1) is 0 Å². The molecule has 0 atom stereocenters. The maximum atomic E-state index is 10.0. The first-order chi connectivity index (χ1) is 32.0. The second kappa shape index (κ2) is 13.2. The van der Waals surface area contributed by atoms with Crippen LogP contribution < -0.4 is 0 Å². The van der Waals surface area contributed by atoms with Crippen LogP contribution in [0.1, 0.15) is 13.7 Å². The lowest BCUT2D eigenvalue weighted by molar-refractivity contribution is 1.18. The highest BCUT2D eigenvalue weighted by molar-refractivity contribution is 6.13. The fraction of sp³-hybridized carbons (Fsp3) is 0. The zero-order valence-corrected chi connectivity index (χ0v) is 29.9. The predicted octanol–water partition coefficient (Wildman–Crippen LogP) is 14.5. The van der Waals surface area contributed by atoms with E-state index in [1.165, 1.54) is 4.57 Å². The number of para-hydroxylation sites is 1. The first kappa shape index (κ1) is 23.4. The Bertz CT molecular complexity index is 3770. The van der Waals surface area contributed by atoms with Gasteiger partial charge in [0, 0.05) is 32.9 Å². The summed E-state index contributed by atoms with van der Waals surface area (Å²) < 4.78 is 97.7. The van der Waals surface area contributed by atoms with Crippen LogP contribution in [0.5, 0.6) is 0 Å². The number of rotatable bonds is 6. The van der Waals surface area contributed by atoms with Crippen LogP contribution in [0.2, 0.25) is 0 Å². The Hall–Kier alpha value is -7.42. The van der Waals surface area contributed by atoms with Crippen molar-refractivity contribution in [1.29, 1.82) is 0 Å². The number of hydrogen-bond acceptors (Lipinski definition) is 0. The number of aromatic nitrogens is 2. The molecule has 9 aromatic carbocycles. The van der Waals surface area contributed by atoms with Crippen LogP contribution in [0.4, 0.5) is 0 Å². The molecule has 0 saturated carbocycles. The van der Waals surface area contributed by atoms with Gasteiger partial charge in [-0.3, -0.25) is 0 Å². The van der Waals surface area contributed by atoms with E-state index in [1.54, 1.807) is 12.1 Å². The number of nitrogens with zero attached hydrogens (tertiary/aromatic N) is 2. The third-order valence-electron chi connectivity index (χ3n) is 10.5. The minimum absolute atomic E-state index is 0.0159. The molecule has 2 heteroatoms. The molecule has 0 spiro atoms. The molecule has 56 heavy (non-hydrogen) atoms. The van der Waals surface area contributed by atoms with Crippen LogP contribution >= 0.6 is 0 Å². The molecule has 0 bridgehead atoms. The average Bonchev–Trinajstić information content (AvgIpc) is 3.90. The second-order valence-corrected chi connectivity index (χ2v) is 13.8. The van der Waals surface area contributed by atoms with E-state index >= 15 is 0 Å². The van der Waals surface area contributed by atoms with Gasteiger partial charge in [0.1, 0.15) is 0 Å². The zero-order chi connectivity index (χ0) is 45.7. The highest BCUT2D eigenvalue weighted by Crippen LogP contribution is 2.40. The van der Waals surface area contributed by atoms with Crippen LogP contribution in [-0.2, 0) is 0 Å². The topological polar surface area (TPSA) is 9.86 Å². The Labute approximate surface area is 339 Å². The summed E-state index contributed by atoms with van der Waals surface area (Å²) in [5, 5.41) is 0.918. The first-order valence-corrected chi connectivity index (χ1v) is 18.5. The van der Waals surface area contributed by atoms with E-state index in [0.29, 0.717) is 33.2 Å². The molecule has 2 aromatic heterocycles. The average molecular weight is 723 g/mol. The van der Waals surface area contributed by atoms with E-state index in [0.717, 1.165) is 33.4 Å². The van der Waals surface area contributed by atoms with Gasteiger partial charge >= 0.3 is 0 Å². The molecule has 0 aliphatic carbocycles. The molecule has 2 nitrogen and oxygen atoms in total. The van der Waals surface area contributed by atoms with Crippen LogP contribution in [0.25, 0.3) is 99.5 Å². The molecule has 0 fully saturated rings. The summed E-state index contributed by atoms with van der Waals surface area (Å²) in [5.41, 5.74) is 7.46. The molecular formula is C54H36N2. The third-order valence-corrected chi connectivity index (χ3v) is 10.5. The lowest BCUT2D eigenvalue weighted by Crippen LogP contribution is -1.94. The van der Waals surface area contributed by atoms with Gasteiger partial charge in [0.05, 0.1) is 35.8 Å². The van der Waals surface area contributed by atoms with Crippen molar-refractivity contribution in [2.45, 2.75) is 0 Å². The molecule has 11 aromatic rings. The van der Waals surface area contributed by atoms with E-state index in [9.17, 15) is 9.60 Å². The molecule has 0 amide bonds. The molecule has 0 aliphatic heterocycles. The normalized spacial score (nSPS) is 14.1. The molecule has 0 unspecified atom stereocenters. The second-order valence-electron chi connectivity index (χ2n) is 13.8. The number of fused-ring (bicyclic) bond motifs is 6. The highest BCUT2D eigenvalue weighted by atomic mass is 15.0. The maximum Gasteiger partial charge on any atom is 0.0645 e. The summed E-state index contributed by atoms with van der Waals surface area (Å²) in [6.07, 6.45) is 0. The Morgan fingerprint density at radius 3 is 1.23 bits per heavy atom. The first-order valence-electron chi connectivity index (χ1n) is 23.5. The highest BCUT2D eigenvalue weighted by Gasteiger charge is 2.17. The smallest absolute Gasteiger partial charge is 0.0645 e. The summed E-state index contributed by atoms with van der Waals surface area (Å²) >= 11 is 0. The summed E-state index contributed by atoms with van der Waals surface area (Å²) in [6.45, 7) is 0. The van der Waals surface area contributed by atoms with Gasteiger partial charge in [0.25, 0.3) is 0 Å². The maximum absolute atomic E-state index is 10.0. The quantitative estimate of drug-likeness (QED) is 0.162. The standard InChI is InChI=1S/C54H36N2/c1-4-12-37(13-5-1)40-20-27-45(28-21-40)55-51-19-11-10-18-47(51)48-35-43(25-32-52(48)55)44-26-33-54-50(36-44)49-34-42(39-16-8-3-9-17-39)24-31-53(49)56(54)46-29-22-41(23-30-46)38-14-6-2-7-15-38/h1-36H/i10D,11D,18D,19D,25D,26D,32D,33D,35D,36D. The Morgan fingerprint density at radius 2 is 0.696 bits per heavy atom. The molecule has 11 rings (SSSR count). The van der Waals surface area contributed by atoms with E-state index in [-0.39, 0.29) is 57.1 Å². The fourth-order valence-electron chi connectivity index (χ4n) is 7.78. The minimum atomic E-state index is -0.524. The van der Waals surface area contributed by atoms with Gasteiger partial charge in [0.15, 0.2) is 0 Å². The van der Waals surface area contributed by atoms with Crippen molar-refractivity contribution in [3.63, 3.8) is 0 Å². The number of hydrogen-bond donors (Lipinski definition) is 0. The van der Waals surface area contributed by atoms with E-state index in [4.69, 9.17) is 4.11 Å².